The number of aromatic hydroxyl groups is 2. The molecule has 0 aliphatic carbocycles. The molecule has 10 atom stereocenters. The zero-order chi connectivity index (χ0) is 30.4. The summed E-state index contributed by atoms with van der Waals surface area (Å²) >= 11 is 0. The normalized spacial score (nSPS) is 33.5. The van der Waals surface area contributed by atoms with Crippen LogP contribution >= 0.6 is 0 Å². The number of aliphatic hydroxyl groups is 5. The second kappa shape index (κ2) is 14.4. The van der Waals surface area contributed by atoms with Gasteiger partial charge in [0.1, 0.15) is 36.6 Å². The topological polar surface area (TPSA) is 205 Å². The predicted octanol–water partition coefficient (Wildman–Crippen LogP) is -0.427. The fourth-order valence-electron chi connectivity index (χ4n) is 4.68. The monoisotopic (exact) mass is 592 g/mol. The van der Waals surface area contributed by atoms with Crippen LogP contribution in [0.25, 0.3) is 6.08 Å². The Kier molecular flexibility index (Phi) is 10.9. The molecule has 2 aliphatic heterocycles. The number of phenols is 2. The van der Waals surface area contributed by atoms with Gasteiger partial charge in [-0.25, -0.2) is 4.79 Å². The Labute approximate surface area is 241 Å². The standard InChI is InChI=1S/C29H36O13/c1-15-22(34)23(35)24(36)29(39-15)42-27-25(37)28(38-12-11-16-5-3-2-4-6-16)40-20(14-30)26(27)41-21(33)10-8-17-7-9-18(31)19(32)13-17/h2-10,13,15,20,22-32,34-37H,11-12,14H2,1H3/b10-8-. The number of esters is 1. The molecule has 0 spiro atoms. The first-order valence-electron chi connectivity index (χ1n) is 13.4. The molecule has 42 heavy (non-hydrogen) atoms. The lowest BCUT2D eigenvalue weighted by atomic mass is 9.97. The Balaban J connectivity index is 1.52. The van der Waals surface area contributed by atoms with Gasteiger partial charge in [-0.2, -0.15) is 0 Å². The highest BCUT2D eigenvalue weighted by molar-refractivity contribution is 5.87. The van der Waals surface area contributed by atoms with Crippen molar-refractivity contribution in [2.24, 2.45) is 0 Å². The highest BCUT2D eigenvalue weighted by Crippen LogP contribution is 2.31. The van der Waals surface area contributed by atoms with Gasteiger partial charge in [-0.1, -0.05) is 36.4 Å². The molecule has 7 N–H and O–H groups in total. The van der Waals surface area contributed by atoms with E-state index in [-0.39, 0.29) is 12.4 Å². The summed E-state index contributed by atoms with van der Waals surface area (Å²) in [5, 5.41) is 71.3. The lowest BCUT2D eigenvalue weighted by Crippen LogP contribution is -2.65. The van der Waals surface area contributed by atoms with Crippen LogP contribution in [0.5, 0.6) is 11.5 Å². The zero-order valence-corrected chi connectivity index (χ0v) is 22.7. The third-order valence-electron chi connectivity index (χ3n) is 7.07. The lowest BCUT2D eigenvalue weighted by Gasteiger charge is -2.46. The highest BCUT2D eigenvalue weighted by atomic mass is 16.7. The lowest BCUT2D eigenvalue weighted by molar-refractivity contribution is -0.357. The van der Waals surface area contributed by atoms with Crippen LogP contribution < -0.4 is 0 Å². The van der Waals surface area contributed by atoms with E-state index in [2.05, 4.69) is 0 Å². The molecule has 2 saturated heterocycles. The van der Waals surface area contributed by atoms with Crippen molar-refractivity contribution in [2.45, 2.75) is 74.8 Å². The van der Waals surface area contributed by atoms with Crippen LogP contribution in [0.1, 0.15) is 18.1 Å². The number of benzene rings is 2. The number of hydrogen-bond acceptors (Lipinski definition) is 13. The average molecular weight is 593 g/mol. The SMILES string of the molecule is CC1OC(OC2C(O)C(OCCc3ccccc3)OC(CO)C2OC(=O)/C=C\c2ccc(O)c(O)c2)C(O)C(O)C1O. The van der Waals surface area contributed by atoms with Gasteiger partial charge < -0.3 is 59.4 Å². The molecule has 2 aliphatic rings. The molecule has 0 radical (unpaired) electrons. The molecular weight excluding hydrogens is 556 g/mol. The molecule has 13 heteroatoms. The van der Waals surface area contributed by atoms with E-state index in [1.54, 1.807) is 0 Å². The number of carbonyl (C=O) groups excluding carboxylic acids is 1. The zero-order valence-electron chi connectivity index (χ0n) is 22.7. The van der Waals surface area contributed by atoms with Gasteiger partial charge in [-0.3, -0.25) is 0 Å². The van der Waals surface area contributed by atoms with Gasteiger partial charge >= 0.3 is 5.97 Å². The van der Waals surface area contributed by atoms with E-state index in [4.69, 9.17) is 23.7 Å². The Morgan fingerprint density at radius 2 is 1.62 bits per heavy atom. The van der Waals surface area contributed by atoms with Crippen LogP contribution in [-0.2, 0) is 34.9 Å². The molecule has 13 nitrogen and oxygen atoms in total. The first-order chi connectivity index (χ1) is 20.1. The number of hydrogen-bond donors (Lipinski definition) is 7. The van der Waals surface area contributed by atoms with Crippen LogP contribution in [0.3, 0.4) is 0 Å². The molecule has 0 bridgehead atoms. The van der Waals surface area contributed by atoms with Crippen LogP contribution in [-0.4, -0.2) is 116 Å². The summed E-state index contributed by atoms with van der Waals surface area (Å²) in [6.45, 7) is 0.893. The second-order valence-corrected chi connectivity index (χ2v) is 10.1. The Hall–Kier alpha value is -3.11. The van der Waals surface area contributed by atoms with Gasteiger partial charge in [0, 0.05) is 6.08 Å². The van der Waals surface area contributed by atoms with Crippen molar-refractivity contribution < 1.29 is 64.2 Å². The van der Waals surface area contributed by atoms with Crippen molar-refractivity contribution >= 4 is 12.0 Å². The van der Waals surface area contributed by atoms with Crippen molar-refractivity contribution in [1.82, 2.24) is 0 Å². The molecular formula is C29H36O13. The minimum atomic E-state index is -1.73. The third-order valence-corrected chi connectivity index (χ3v) is 7.07. The summed E-state index contributed by atoms with van der Waals surface area (Å²) in [4.78, 5) is 12.8. The first-order valence-corrected chi connectivity index (χ1v) is 13.4. The molecule has 10 unspecified atom stereocenters. The smallest absolute Gasteiger partial charge is 0.331 e. The van der Waals surface area contributed by atoms with Gasteiger partial charge in [-0.15, -0.1) is 0 Å². The number of ether oxygens (including phenoxy) is 5. The summed E-state index contributed by atoms with van der Waals surface area (Å²) in [5.74, 6) is -1.67. The molecule has 230 valence electrons. The van der Waals surface area contributed by atoms with Gasteiger partial charge in [-0.05, 0) is 42.7 Å². The molecule has 0 amide bonds. The van der Waals surface area contributed by atoms with Gasteiger partial charge in [0.25, 0.3) is 0 Å². The molecule has 2 heterocycles. The summed E-state index contributed by atoms with van der Waals surface area (Å²) in [5.41, 5.74) is 1.33. The molecule has 0 aromatic heterocycles. The Morgan fingerprint density at radius 1 is 0.881 bits per heavy atom. The maximum atomic E-state index is 12.8. The summed E-state index contributed by atoms with van der Waals surface area (Å²) in [6.07, 6.45) is -11.6. The number of phenolic OH excluding ortho intramolecular Hbond substituents is 2. The van der Waals surface area contributed by atoms with Crippen molar-refractivity contribution in [3.05, 3.63) is 65.7 Å². The van der Waals surface area contributed by atoms with E-state index in [0.29, 0.717) is 12.0 Å². The van der Waals surface area contributed by atoms with Crippen molar-refractivity contribution in [3.8, 4) is 11.5 Å². The third kappa shape index (κ3) is 7.64. The molecule has 2 fully saturated rings. The highest BCUT2D eigenvalue weighted by Gasteiger charge is 2.52. The number of rotatable bonds is 10. The van der Waals surface area contributed by atoms with Crippen LogP contribution in [0.4, 0.5) is 0 Å². The molecule has 4 rings (SSSR count). The summed E-state index contributed by atoms with van der Waals surface area (Å²) in [7, 11) is 0. The summed E-state index contributed by atoms with van der Waals surface area (Å²) in [6, 6.07) is 13.3. The van der Waals surface area contributed by atoms with E-state index in [0.717, 1.165) is 11.6 Å². The second-order valence-electron chi connectivity index (χ2n) is 10.1. The minimum Gasteiger partial charge on any atom is -0.504 e. The maximum Gasteiger partial charge on any atom is 0.331 e. The van der Waals surface area contributed by atoms with Crippen molar-refractivity contribution in [2.75, 3.05) is 13.2 Å². The number of carbonyl (C=O) groups is 1. The largest absolute Gasteiger partial charge is 0.504 e. The molecule has 2 aromatic carbocycles. The van der Waals surface area contributed by atoms with Crippen molar-refractivity contribution in [3.63, 3.8) is 0 Å². The fraction of sp³-hybridized carbons (Fsp3) is 0.483. The van der Waals surface area contributed by atoms with E-state index in [1.165, 1.54) is 31.2 Å². The maximum absolute atomic E-state index is 12.8. The van der Waals surface area contributed by atoms with Gasteiger partial charge in [0.15, 0.2) is 30.2 Å². The van der Waals surface area contributed by atoms with Gasteiger partial charge in [0.05, 0.1) is 19.3 Å². The predicted molar refractivity (Wildman–Crippen MR) is 144 cm³/mol. The van der Waals surface area contributed by atoms with E-state index in [1.807, 2.05) is 30.3 Å². The molecule has 2 aromatic rings. The Morgan fingerprint density at radius 3 is 2.31 bits per heavy atom. The van der Waals surface area contributed by atoms with E-state index >= 15 is 0 Å². The fourth-order valence-corrected chi connectivity index (χ4v) is 4.68. The van der Waals surface area contributed by atoms with Crippen molar-refractivity contribution in [1.29, 1.82) is 0 Å². The molecule has 0 saturated carbocycles. The average Bonchev–Trinajstić information content (AvgIpc) is 2.98. The van der Waals surface area contributed by atoms with Crippen LogP contribution in [0.2, 0.25) is 0 Å². The van der Waals surface area contributed by atoms with E-state index < -0.39 is 79.7 Å². The quantitative estimate of drug-likeness (QED) is 0.106. The van der Waals surface area contributed by atoms with E-state index in [9.17, 15) is 40.5 Å². The number of aliphatic hydroxyl groups excluding tert-OH is 5. The summed E-state index contributed by atoms with van der Waals surface area (Å²) < 4.78 is 28.4. The van der Waals surface area contributed by atoms with Crippen LogP contribution in [0.15, 0.2) is 54.6 Å². The van der Waals surface area contributed by atoms with Crippen LogP contribution in [0, 0.1) is 0 Å². The Bertz CT molecular complexity index is 1190. The van der Waals surface area contributed by atoms with Gasteiger partial charge in [0.2, 0.25) is 0 Å². The first kappa shape index (κ1) is 31.8. The minimum absolute atomic E-state index is 0.119.